The van der Waals surface area contributed by atoms with Gasteiger partial charge in [0.05, 0.1) is 18.9 Å². The Kier molecular flexibility index (Phi) is 2.22. The molecule has 0 radical (unpaired) electrons. The van der Waals surface area contributed by atoms with Gasteiger partial charge in [0.25, 0.3) is 0 Å². The first-order valence-corrected chi connectivity index (χ1v) is 4.23. The van der Waals surface area contributed by atoms with Crippen LogP contribution in [0.25, 0.3) is 0 Å². The number of rotatable bonds is 2. The van der Waals surface area contributed by atoms with E-state index in [1.807, 2.05) is 0 Å². The van der Waals surface area contributed by atoms with Gasteiger partial charge in [0.1, 0.15) is 0 Å². The van der Waals surface area contributed by atoms with Crippen molar-refractivity contribution >= 4 is 5.97 Å². The summed E-state index contributed by atoms with van der Waals surface area (Å²) in [4.78, 5) is 10.6. The third kappa shape index (κ3) is 1.38. The molecule has 0 bridgehead atoms. The lowest BCUT2D eigenvalue weighted by molar-refractivity contribution is -0.139. The van der Waals surface area contributed by atoms with Gasteiger partial charge in [-0.1, -0.05) is 5.16 Å². The molecular formula is C8H10N2O4. The summed E-state index contributed by atoms with van der Waals surface area (Å²) >= 11 is 0. The molecule has 2 heterocycles. The molecule has 1 aromatic rings. The van der Waals surface area contributed by atoms with Crippen molar-refractivity contribution < 1.29 is 19.2 Å². The van der Waals surface area contributed by atoms with Crippen LogP contribution in [0.1, 0.15) is 23.1 Å². The predicted octanol–water partition coefficient (Wildman–Crippen LogP) is -0.168. The predicted molar refractivity (Wildman–Crippen MR) is 44.4 cm³/mol. The van der Waals surface area contributed by atoms with Crippen LogP contribution in [0.5, 0.6) is 0 Å². The van der Waals surface area contributed by atoms with Crippen LogP contribution in [-0.2, 0) is 22.6 Å². The lowest BCUT2D eigenvalue weighted by Crippen LogP contribution is -2.22. The molecule has 0 aromatic carbocycles. The maximum Gasteiger partial charge on any atom is 0.328 e. The van der Waals surface area contributed by atoms with E-state index in [4.69, 9.17) is 20.1 Å². The molecule has 0 amide bonds. The van der Waals surface area contributed by atoms with Crippen molar-refractivity contribution in [2.45, 2.75) is 19.1 Å². The van der Waals surface area contributed by atoms with Crippen LogP contribution in [0, 0.1) is 0 Å². The van der Waals surface area contributed by atoms with Crippen LogP contribution >= 0.6 is 0 Å². The molecule has 2 rings (SSSR count). The monoisotopic (exact) mass is 198 g/mol. The van der Waals surface area contributed by atoms with Gasteiger partial charge >= 0.3 is 5.97 Å². The zero-order valence-electron chi connectivity index (χ0n) is 7.40. The van der Waals surface area contributed by atoms with E-state index in [1.54, 1.807) is 0 Å². The zero-order chi connectivity index (χ0) is 10.1. The molecule has 6 nitrogen and oxygen atoms in total. The smallest absolute Gasteiger partial charge is 0.328 e. The number of fused-ring (bicyclic) bond motifs is 1. The second kappa shape index (κ2) is 3.39. The highest BCUT2D eigenvalue weighted by atomic mass is 16.5. The van der Waals surface area contributed by atoms with Crippen molar-refractivity contribution in [3.05, 3.63) is 17.0 Å². The summed E-state index contributed by atoms with van der Waals surface area (Å²) in [5.41, 5.74) is 6.86. The van der Waals surface area contributed by atoms with Gasteiger partial charge in [-0.15, -0.1) is 0 Å². The Labute approximate surface area is 79.6 Å². The number of hydrogen-bond donors (Lipinski definition) is 2. The van der Waals surface area contributed by atoms with Crippen LogP contribution in [0.3, 0.4) is 0 Å². The van der Waals surface area contributed by atoms with Gasteiger partial charge in [0, 0.05) is 12.0 Å². The number of aliphatic carboxylic acids is 1. The Hall–Kier alpha value is -1.40. The molecule has 0 fully saturated rings. The maximum absolute atomic E-state index is 10.6. The molecule has 1 aliphatic heterocycles. The number of carboxylic acids is 1. The first-order valence-electron chi connectivity index (χ1n) is 4.23. The molecule has 3 N–H and O–H groups in total. The zero-order valence-corrected chi connectivity index (χ0v) is 7.40. The molecule has 0 spiro atoms. The van der Waals surface area contributed by atoms with Gasteiger partial charge in [0.2, 0.25) is 0 Å². The molecule has 6 heteroatoms. The molecule has 0 aliphatic carbocycles. The Morgan fingerprint density at radius 1 is 1.64 bits per heavy atom. The summed E-state index contributed by atoms with van der Waals surface area (Å²) < 4.78 is 10.1. The number of aromatic nitrogens is 1. The summed E-state index contributed by atoms with van der Waals surface area (Å²) in [7, 11) is 0. The SMILES string of the molecule is NC(C(=O)O)c1onc2c1COCC2. The van der Waals surface area contributed by atoms with Crippen LogP contribution in [-0.4, -0.2) is 22.8 Å². The van der Waals surface area contributed by atoms with Gasteiger partial charge in [0.15, 0.2) is 11.8 Å². The van der Waals surface area contributed by atoms with E-state index in [0.29, 0.717) is 25.2 Å². The van der Waals surface area contributed by atoms with Crippen molar-refractivity contribution in [2.75, 3.05) is 6.61 Å². The lowest BCUT2D eigenvalue weighted by Gasteiger charge is -2.11. The number of nitrogens with zero attached hydrogens (tertiary/aromatic N) is 1. The Morgan fingerprint density at radius 3 is 3.14 bits per heavy atom. The van der Waals surface area contributed by atoms with E-state index in [9.17, 15) is 4.79 Å². The minimum Gasteiger partial charge on any atom is -0.480 e. The van der Waals surface area contributed by atoms with Gasteiger partial charge in [-0.2, -0.15) is 0 Å². The Balaban J connectivity index is 2.34. The third-order valence-corrected chi connectivity index (χ3v) is 2.18. The van der Waals surface area contributed by atoms with E-state index in [2.05, 4.69) is 5.16 Å². The number of nitrogens with two attached hydrogens (primary N) is 1. The minimum absolute atomic E-state index is 0.201. The molecule has 1 unspecified atom stereocenters. The number of ether oxygens (including phenoxy) is 1. The van der Waals surface area contributed by atoms with Gasteiger partial charge in [-0.05, 0) is 0 Å². The maximum atomic E-state index is 10.6. The van der Waals surface area contributed by atoms with Crippen LogP contribution in [0.2, 0.25) is 0 Å². The summed E-state index contributed by atoms with van der Waals surface area (Å²) in [6.07, 6.45) is 0.644. The highest BCUT2D eigenvalue weighted by molar-refractivity contribution is 5.74. The average molecular weight is 198 g/mol. The summed E-state index contributed by atoms with van der Waals surface area (Å²) in [6.45, 7) is 0.913. The molecule has 76 valence electrons. The molecule has 0 saturated heterocycles. The number of hydrogen-bond acceptors (Lipinski definition) is 5. The molecule has 1 aliphatic rings. The molecule has 1 aromatic heterocycles. The van der Waals surface area contributed by atoms with Crippen molar-refractivity contribution in [1.29, 1.82) is 0 Å². The second-order valence-electron chi connectivity index (χ2n) is 3.09. The summed E-state index contributed by atoms with van der Waals surface area (Å²) in [6, 6.07) is -1.16. The summed E-state index contributed by atoms with van der Waals surface area (Å²) in [5.74, 6) is -0.929. The molecule has 0 saturated carbocycles. The largest absolute Gasteiger partial charge is 0.480 e. The minimum atomic E-state index is -1.16. The van der Waals surface area contributed by atoms with E-state index in [0.717, 1.165) is 5.69 Å². The van der Waals surface area contributed by atoms with E-state index >= 15 is 0 Å². The van der Waals surface area contributed by atoms with Gasteiger partial charge < -0.3 is 20.1 Å². The highest BCUT2D eigenvalue weighted by Gasteiger charge is 2.27. The average Bonchev–Trinajstić information content (AvgIpc) is 2.60. The first kappa shape index (κ1) is 9.17. The van der Waals surface area contributed by atoms with E-state index in [1.165, 1.54) is 0 Å². The van der Waals surface area contributed by atoms with Crippen LogP contribution < -0.4 is 5.73 Å². The molecule has 14 heavy (non-hydrogen) atoms. The fourth-order valence-electron chi connectivity index (χ4n) is 1.41. The number of carboxylic acid groups (broad SMARTS) is 1. The van der Waals surface area contributed by atoms with Crippen molar-refractivity contribution in [3.63, 3.8) is 0 Å². The normalized spacial score (nSPS) is 17.5. The molecule has 1 atom stereocenters. The van der Waals surface area contributed by atoms with Gasteiger partial charge in [-0.25, -0.2) is 0 Å². The summed E-state index contributed by atoms with van der Waals surface area (Å²) in [5, 5.41) is 12.5. The van der Waals surface area contributed by atoms with Crippen molar-refractivity contribution in [3.8, 4) is 0 Å². The Bertz CT molecular complexity index is 360. The fourth-order valence-corrected chi connectivity index (χ4v) is 1.41. The van der Waals surface area contributed by atoms with Crippen LogP contribution in [0.4, 0.5) is 0 Å². The standard InChI is InChI=1S/C8H10N2O4/c9-6(8(11)12)7-4-3-13-2-1-5(4)10-14-7/h6H,1-3,9H2,(H,11,12). The Morgan fingerprint density at radius 2 is 2.43 bits per heavy atom. The third-order valence-electron chi connectivity index (χ3n) is 2.18. The lowest BCUT2D eigenvalue weighted by atomic mass is 10.1. The van der Waals surface area contributed by atoms with Crippen LogP contribution in [0.15, 0.2) is 4.52 Å². The number of carbonyl (C=O) groups is 1. The fraction of sp³-hybridized carbons (Fsp3) is 0.500. The molecular weight excluding hydrogens is 188 g/mol. The van der Waals surface area contributed by atoms with Crippen molar-refractivity contribution in [1.82, 2.24) is 5.16 Å². The first-order chi connectivity index (χ1) is 6.70. The quantitative estimate of drug-likeness (QED) is 0.684. The van der Waals surface area contributed by atoms with E-state index in [-0.39, 0.29) is 5.76 Å². The van der Waals surface area contributed by atoms with Crippen molar-refractivity contribution in [2.24, 2.45) is 5.73 Å². The highest BCUT2D eigenvalue weighted by Crippen LogP contribution is 2.24. The second-order valence-corrected chi connectivity index (χ2v) is 3.09. The van der Waals surface area contributed by atoms with Gasteiger partial charge in [-0.3, -0.25) is 4.79 Å². The van der Waals surface area contributed by atoms with E-state index < -0.39 is 12.0 Å². The topological polar surface area (TPSA) is 98.6 Å².